The molecule has 1 nitrogen and oxygen atoms in total. The molecule has 0 aliphatic carbocycles. The van der Waals surface area contributed by atoms with Crippen molar-refractivity contribution < 1.29 is 4.12 Å². The van der Waals surface area contributed by atoms with Gasteiger partial charge < -0.3 is 4.12 Å². The number of allylic oxidation sites excluding steroid dienone is 1. The Labute approximate surface area is 50.3 Å². The van der Waals surface area contributed by atoms with Gasteiger partial charge in [-0.25, -0.2) is 0 Å². The fourth-order valence-corrected chi connectivity index (χ4v) is 1.57. The van der Waals surface area contributed by atoms with Crippen LogP contribution in [0.5, 0.6) is 0 Å². The zero-order valence-corrected chi connectivity index (χ0v) is 8.39. The molecule has 0 N–H and O–H groups in total. The average molecular weight is 132 g/mol. The smallest absolute Gasteiger partial charge is 0.170 e. The molecule has 0 aliphatic heterocycles. The lowest BCUT2D eigenvalue weighted by Gasteiger charge is -1.83. The first-order valence-corrected chi connectivity index (χ1v) is 4.76. The van der Waals surface area contributed by atoms with Crippen LogP contribution in [0.15, 0.2) is 11.8 Å². The van der Waals surface area contributed by atoms with Gasteiger partial charge in [0.15, 0.2) is 9.76 Å². The Morgan fingerprint density at radius 3 is 3.00 bits per heavy atom. The van der Waals surface area contributed by atoms with Crippen LogP contribution in [0.4, 0.5) is 0 Å². The number of hydrogen-bond donors (Lipinski definition) is 0. The van der Waals surface area contributed by atoms with Crippen LogP contribution in [0.25, 0.3) is 0 Å². The van der Waals surface area contributed by atoms with E-state index in [0.29, 0.717) is 0 Å². The van der Waals surface area contributed by atoms with Crippen molar-refractivity contribution in [3.05, 3.63) is 11.8 Å². The van der Waals surface area contributed by atoms with Gasteiger partial charge in [-0.15, -0.1) is 0 Å². The molecule has 0 aromatic carbocycles. The van der Waals surface area contributed by atoms with Crippen molar-refractivity contribution in [1.29, 1.82) is 0 Å². The third kappa shape index (κ3) is 6.13. The minimum absolute atomic E-state index is 0.208. The van der Waals surface area contributed by atoms with Crippen molar-refractivity contribution in [2.45, 2.75) is 13.3 Å². The summed E-state index contributed by atoms with van der Waals surface area (Å²) in [5.74, 6) is 0. The van der Waals surface area contributed by atoms with Gasteiger partial charge in [0, 0.05) is 0 Å². The van der Waals surface area contributed by atoms with Gasteiger partial charge in [0.05, 0.1) is 0 Å². The Kier molecular flexibility index (Phi) is 6.25. The molecule has 0 aromatic rings. The molecule has 0 rings (SSSR count). The van der Waals surface area contributed by atoms with Crippen LogP contribution in [-0.2, 0) is 4.12 Å². The largest absolute Gasteiger partial charge is 0.465 e. The fraction of sp³-hybridized carbons (Fsp3) is 0.500. The fourth-order valence-electron chi connectivity index (χ4n) is 0.331. The van der Waals surface area contributed by atoms with Crippen LogP contribution in [0.2, 0.25) is 0 Å². The highest BCUT2D eigenvalue weighted by Gasteiger charge is 1.68. The molecule has 0 aliphatic rings. The van der Waals surface area contributed by atoms with E-state index in [1.54, 1.807) is 0 Å². The Morgan fingerprint density at radius 2 is 2.57 bits per heavy atom. The van der Waals surface area contributed by atoms with Crippen LogP contribution in [0.1, 0.15) is 13.3 Å². The third-order valence-corrected chi connectivity index (χ3v) is 2.52. The van der Waals surface area contributed by atoms with E-state index >= 15 is 0 Å². The van der Waals surface area contributed by atoms with Gasteiger partial charge in [0.1, 0.15) is 10.5 Å². The lowest BCUT2D eigenvalue weighted by molar-refractivity contribution is 0.675. The summed E-state index contributed by atoms with van der Waals surface area (Å²) in [7, 11) is 0.708. The quantitative estimate of drug-likeness (QED) is 0.461. The monoisotopic (exact) mass is 132 g/mol. The van der Waals surface area contributed by atoms with Gasteiger partial charge in [-0.05, 0) is 6.42 Å². The molecule has 0 fully saturated rings. The predicted molar refractivity (Wildman–Crippen MR) is 39.0 cm³/mol. The summed E-state index contributed by atoms with van der Waals surface area (Å²) >= 11 is 0. The lowest BCUT2D eigenvalue weighted by Crippen LogP contribution is -1.87. The number of hydrogen-bond acceptors (Lipinski definition) is 1. The summed E-state index contributed by atoms with van der Waals surface area (Å²) in [6.45, 7) is 2.14. The average Bonchev–Trinajstić information content (AvgIpc) is 1.69. The van der Waals surface area contributed by atoms with E-state index in [-0.39, 0.29) is 9.76 Å². The molecular formula is C4H12OSi2. The molecule has 0 atom stereocenters. The molecule has 0 aromatic heterocycles. The van der Waals surface area contributed by atoms with Gasteiger partial charge in [-0.3, -0.25) is 0 Å². The SMILES string of the molecule is CCC=C[SiH2]O[SiH3]. The van der Waals surface area contributed by atoms with Gasteiger partial charge >= 0.3 is 0 Å². The first kappa shape index (κ1) is 7.13. The second-order valence-corrected chi connectivity index (χ2v) is 4.45. The molecule has 0 saturated heterocycles. The van der Waals surface area contributed by atoms with E-state index in [9.17, 15) is 0 Å². The zero-order valence-electron chi connectivity index (χ0n) is 4.98. The summed E-state index contributed by atoms with van der Waals surface area (Å²) in [6, 6.07) is 0. The first-order valence-electron chi connectivity index (χ1n) is 2.55. The lowest BCUT2D eigenvalue weighted by atomic mass is 10.5. The second kappa shape index (κ2) is 6.13. The van der Waals surface area contributed by atoms with Crippen molar-refractivity contribution in [1.82, 2.24) is 0 Å². The van der Waals surface area contributed by atoms with E-state index in [4.69, 9.17) is 4.12 Å². The molecule has 0 radical (unpaired) electrons. The zero-order chi connectivity index (χ0) is 5.54. The van der Waals surface area contributed by atoms with E-state index in [1.807, 2.05) is 0 Å². The number of rotatable bonds is 3. The van der Waals surface area contributed by atoms with Crippen LogP contribution in [0.3, 0.4) is 0 Å². The van der Waals surface area contributed by atoms with E-state index in [0.717, 1.165) is 16.9 Å². The molecule has 7 heavy (non-hydrogen) atoms. The molecule has 3 heteroatoms. The summed E-state index contributed by atoms with van der Waals surface area (Å²) in [5.41, 5.74) is 2.19. The molecule has 0 amide bonds. The molecule has 0 unspecified atom stereocenters. The molecule has 0 heterocycles. The van der Waals surface area contributed by atoms with Crippen molar-refractivity contribution in [3.8, 4) is 0 Å². The molecule has 0 bridgehead atoms. The van der Waals surface area contributed by atoms with Gasteiger partial charge in [0.2, 0.25) is 0 Å². The summed E-state index contributed by atoms with van der Waals surface area (Å²) in [5, 5.41) is 0. The van der Waals surface area contributed by atoms with E-state index < -0.39 is 0 Å². The Morgan fingerprint density at radius 1 is 1.86 bits per heavy atom. The van der Waals surface area contributed by atoms with Crippen LogP contribution in [-0.4, -0.2) is 20.2 Å². The maximum Gasteiger partial charge on any atom is 0.170 e. The highest BCUT2D eigenvalue weighted by molar-refractivity contribution is 6.39. The van der Waals surface area contributed by atoms with Crippen molar-refractivity contribution in [2.75, 3.05) is 0 Å². The minimum Gasteiger partial charge on any atom is -0.465 e. The molecule has 0 saturated carbocycles. The van der Waals surface area contributed by atoms with Crippen molar-refractivity contribution >= 4 is 20.2 Å². The normalized spacial score (nSPS) is 12.7. The first-order chi connectivity index (χ1) is 3.41. The third-order valence-electron chi connectivity index (χ3n) is 0.665. The Hall–Kier alpha value is 0.134. The van der Waals surface area contributed by atoms with Crippen molar-refractivity contribution in [2.24, 2.45) is 0 Å². The van der Waals surface area contributed by atoms with Gasteiger partial charge in [0.25, 0.3) is 0 Å². The summed E-state index contributed by atoms with van der Waals surface area (Å²) in [6.07, 6.45) is 3.32. The van der Waals surface area contributed by atoms with Crippen LogP contribution in [0, 0.1) is 0 Å². The molecule has 42 valence electrons. The Balaban J connectivity index is 2.78. The summed E-state index contributed by atoms with van der Waals surface area (Å²) < 4.78 is 5.03. The maximum atomic E-state index is 5.03. The summed E-state index contributed by atoms with van der Waals surface area (Å²) in [4.78, 5) is 0. The highest BCUT2D eigenvalue weighted by Crippen LogP contribution is 1.75. The standard InChI is InChI=1S/C4H12OSi2/c1-2-3-4-7-5-6/h3-4H,2,7H2,1,6H3. The molecule has 0 spiro atoms. The van der Waals surface area contributed by atoms with E-state index in [1.165, 1.54) is 0 Å². The van der Waals surface area contributed by atoms with Crippen LogP contribution >= 0.6 is 0 Å². The topological polar surface area (TPSA) is 9.23 Å². The van der Waals surface area contributed by atoms with Gasteiger partial charge in [-0.1, -0.05) is 18.7 Å². The van der Waals surface area contributed by atoms with Crippen LogP contribution < -0.4 is 0 Å². The predicted octanol–water partition coefficient (Wildman–Crippen LogP) is -0.709. The van der Waals surface area contributed by atoms with Gasteiger partial charge in [-0.2, -0.15) is 0 Å². The van der Waals surface area contributed by atoms with E-state index in [2.05, 4.69) is 18.7 Å². The molecular weight excluding hydrogens is 120 g/mol. The van der Waals surface area contributed by atoms with Crippen molar-refractivity contribution in [3.63, 3.8) is 0 Å². The second-order valence-electron chi connectivity index (χ2n) is 1.33. The highest BCUT2D eigenvalue weighted by atomic mass is 28.3. The Bertz CT molecular complexity index is 53.7. The maximum absolute atomic E-state index is 5.03. The minimum atomic E-state index is -0.208.